The fourth-order valence-electron chi connectivity index (χ4n) is 3.70. The molecule has 0 amide bonds. The Balaban J connectivity index is 1.95. The molecule has 0 bridgehead atoms. The van der Waals surface area contributed by atoms with Gasteiger partial charge in [0.25, 0.3) is 0 Å². The van der Waals surface area contributed by atoms with E-state index in [1.54, 1.807) is 11.8 Å². The SMILES string of the molecule is CSC1(C(CC(C)C)C(=O)O)C=CC(c2ccccc2)C(OCC2CC2)=C1. The van der Waals surface area contributed by atoms with Gasteiger partial charge in [0, 0.05) is 0 Å². The molecule has 0 radical (unpaired) electrons. The molecular formula is C23H30O3S. The molecule has 1 aromatic rings. The highest BCUT2D eigenvalue weighted by Gasteiger charge is 2.43. The maximum Gasteiger partial charge on any atom is 0.308 e. The standard InChI is InChI=1S/C23H30O3S/c1-16(2)13-20(22(24)25)23(27-3)12-11-19(18-7-5-4-6-8-18)21(14-23)26-15-17-9-10-17/h4-8,11-12,14,16-17,19-20H,9-10,13,15H2,1-3H3,(H,24,25). The molecule has 0 heterocycles. The lowest BCUT2D eigenvalue weighted by atomic mass is 9.79. The van der Waals surface area contributed by atoms with Crippen LogP contribution in [0, 0.1) is 17.8 Å². The summed E-state index contributed by atoms with van der Waals surface area (Å²) >= 11 is 1.60. The fraction of sp³-hybridized carbons (Fsp3) is 0.522. The van der Waals surface area contributed by atoms with Crippen LogP contribution in [0.5, 0.6) is 0 Å². The summed E-state index contributed by atoms with van der Waals surface area (Å²) in [6.07, 6.45) is 11.4. The van der Waals surface area contributed by atoms with E-state index in [2.05, 4.69) is 44.2 Å². The molecule has 1 fully saturated rings. The Bertz CT molecular complexity index is 706. The van der Waals surface area contributed by atoms with E-state index in [0.717, 1.165) is 12.4 Å². The topological polar surface area (TPSA) is 46.5 Å². The van der Waals surface area contributed by atoms with E-state index in [9.17, 15) is 9.90 Å². The summed E-state index contributed by atoms with van der Waals surface area (Å²) in [7, 11) is 0. The molecule has 0 aromatic heterocycles. The van der Waals surface area contributed by atoms with Crippen LogP contribution in [0.15, 0.2) is 54.3 Å². The number of carbonyl (C=O) groups is 1. The van der Waals surface area contributed by atoms with Crippen LogP contribution >= 0.6 is 11.8 Å². The fourth-order valence-corrected chi connectivity index (χ4v) is 4.63. The minimum absolute atomic E-state index is 0.0544. The van der Waals surface area contributed by atoms with Crippen LogP contribution in [0.2, 0.25) is 0 Å². The Morgan fingerprint density at radius 1 is 1.30 bits per heavy atom. The van der Waals surface area contributed by atoms with E-state index in [4.69, 9.17) is 4.74 Å². The number of thioether (sulfide) groups is 1. The molecule has 1 saturated carbocycles. The van der Waals surface area contributed by atoms with Crippen LogP contribution in [-0.4, -0.2) is 28.7 Å². The van der Waals surface area contributed by atoms with Crippen molar-refractivity contribution in [1.29, 1.82) is 0 Å². The molecule has 3 rings (SSSR count). The molecule has 4 heteroatoms. The van der Waals surface area contributed by atoms with Crippen LogP contribution in [-0.2, 0) is 9.53 Å². The summed E-state index contributed by atoms with van der Waals surface area (Å²) in [5, 5.41) is 9.95. The van der Waals surface area contributed by atoms with E-state index < -0.39 is 16.6 Å². The second-order valence-electron chi connectivity index (χ2n) is 8.13. The average molecular weight is 387 g/mol. The summed E-state index contributed by atoms with van der Waals surface area (Å²) in [6.45, 7) is 4.89. The van der Waals surface area contributed by atoms with Crippen molar-refractivity contribution in [2.24, 2.45) is 17.8 Å². The number of aliphatic carboxylic acids is 1. The molecule has 1 N–H and O–H groups in total. The van der Waals surface area contributed by atoms with Gasteiger partial charge < -0.3 is 9.84 Å². The third-order valence-electron chi connectivity index (χ3n) is 5.47. The monoisotopic (exact) mass is 386 g/mol. The molecule has 3 nitrogen and oxygen atoms in total. The van der Waals surface area contributed by atoms with Gasteiger partial charge in [0.05, 0.1) is 23.2 Å². The van der Waals surface area contributed by atoms with E-state index in [-0.39, 0.29) is 5.92 Å². The quantitative estimate of drug-likeness (QED) is 0.569. The van der Waals surface area contributed by atoms with E-state index >= 15 is 0 Å². The lowest BCUT2D eigenvalue weighted by Gasteiger charge is -2.37. The molecule has 146 valence electrons. The molecule has 2 aliphatic carbocycles. The van der Waals surface area contributed by atoms with Crippen LogP contribution < -0.4 is 0 Å². The molecule has 2 aliphatic rings. The highest BCUT2D eigenvalue weighted by molar-refractivity contribution is 8.00. The first-order chi connectivity index (χ1) is 12.9. The van der Waals surface area contributed by atoms with Crippen molar-refractivity contribution < 1.29 is 14.6 Å². The number of benzene rings is 1. The first kappa shape index (κ1) is 20.1. The summed E-state index contributed by atoms with van der Waals surface area (Å²) in [6, 6.07) is 10.3. The van der Waals surface area contributed by atoms with Gasteiger partial charge in [-0.1, -0.05) is 56.3 Å². The highest BCUT2D eigenvalue weighted by atomic mass is 32.2. The smallest absolute Gasteiger partial charge is 0.308 e. The zero-order valence-corrected chi connectivity index (χ0v) is 17.2. The van der Waals surface area contributed by atoms with Crippen molar-refractivity contribution in [1.82, 2.24) is 0 Å². The summed E-state index contributed by atoms with van der Waals surface area (Å²) in [4.78, 5) is 12.1. The lowest BCUT2D eigenvalue weighted by molar-refractivity contribution is -0.142. The number of carboxylic acid groups (broad SMARTS) is 1. The first-order valence-electron chi connectivity index (χ1n) is 9.83. The first-order valence-corrected chi connectivity index (χ1v) is 11.1. The Morgan fingerprint density at radius 3 is 2.56 bits per heavy atom. The molecule has 0 saturated heterocycles. The maximum atomic E-state index is 12.1. The van der Waals surface area contributed by atoms with Gasteiger partial charge in [0.2, 0.25) is 0 Å². The van der Waals surface area contributed by atoms with Gasteiger partial charge in [0.15, 0.2) is 0 Å². The molecular weight excluding hydrogens is 356 g/mol. The second-order valence-corrected chi connectivity index (χ2v) is 9.24. The lowest BCUT2D eigenvalue weighted by Crippen LogP contribution is -2.39. The molecule has 27 heavy (non-hydrogen) atoms. The van der Waals surface area contributed by atoms with Gasteiger partial charge in [-0.25, -0.2) is 0 Å². The number of ether oxygens (including phenoxy) is 1. The van der Waals surface area contributed by atoms with Crippen LogP contribution in [0.3, 0.4) is 0 Å². The summed E-state index contributed by atoms with van der Waals surface area (Å²) in [5.74, 6) is 0.722. The number of carboxylic acids is 1. The van der Waals surface area contributed by atoms with E-state index in [0.29, 0.717) is 18.3 Å². The number of hydrogen-bond acceptors (Lipinski definition) is 3. The second kappa shape index (κ2) is 8.55. The minimum atomic E-state index is -0.737. The van der Waals surface area contributed by atoms with E-state index in [1.165, 1.54) is 18.4 Å². The Kier molecular flexibility index (Phi) is 6.36. The van der Waals surface area contributed by atoms with Crippen LogP contribution in [0.1, 0.15) is 44.6 Å². The van der Waals surface area contributed by atoms with Crippen molar-refractivity contribution in [2.75, 3.05) is 12.9 Å². The van der Waals surface area contributed by atoms with Crippen molar-refractivity contribution >= 4 is 17.7 Å². The Hall–Kier alpha value is -1.68. The molecule has 1 aromatic carbocycles. The third kappa shape index (κ3) is 4.78. The molecule has 3 atom stereocenters. The number of allylic oxidation sites excluding steroid dienone is 1. The predicted octanol–water partition coefficient (Wildman–Crippen LogP) is 5.50. The van der Waals surface area contributed by atoms with Crippen molar-refractivity contribution in [3.63, 3.8) is 0 Å². The van der Waals surface area contributed by atoms with Gasteiger partial charge >= 0.3 is 5.97 Å². The normalized spacial score (nSPS) is 25.9. The van der Waals surface area contributed by atoms with Crippen molar-refractivity contribution in [3.05, 3.63) is 59.9 Å². The number of rotatable bonds is 9. The van der Waals surface area contributed by atoms with Crippen LogP contribution in [0.4, 0.5) is 0 Å². The van der Waals surface area contributed by atoms with Crippen LogP contribution in [0.25, 0.3) is 0 Å². The Morgan fingerprint density at radius 2 is 2.00 bits per heavy atom. The average Bonchev–Trinajstić information content (AvgIpc) is 3.49. The van der Waals surface area contributed by atoms with Gasteiger partial charge in [0.1, 0.15) is 5.76 Å². The van der Waals surface area contributed by atoms with Gasteiger partial charge in [-0.05, 0) is 49.0 Å². The predicted molar refractivity (Wildman–Crippen MR) is 112 cm³/mol. The number of hydrogen-bond donors (Lipinski definition) is 1. The zero-order valence-electron chi connectivity index (χ0n) is 16.4. The third-order valence-corrected chi connectivity index (χ3v) is 6.71. The van der Waals surface area contributed by atoms with Gasteiger partial charge in [-0.3, -0.25) is 4.79 Å². The largest absolute Gasteiger partial charge is 0.497 e. The van der Waals surface area contributed by atoms with Gasteiger partial charge in [-0.15, -0.1) is 11.8 Å². The highest BCUT2D eigenvalue weighted by Crippen LogP contribution is 2.45. The van der Waals surface area contributed by atoms with E-state index in [1.807, 2.05) is 24.5 Å². The summed E-state index contributed by atoms with van der Waals surface area (Å²) < 4.78 is 5.70. The summed E-state index contributed by atoms with van der Waals surface area (Å²) in [5.41, 5.74) is 1.18. The minimum Gasteiger partial charge on any atom is -0.497 e. The van der Waals surface area contributed by atoms with Crippen molar-refractivity contribution in [2.45, 2.75) is 43.8 Å². The molecule has 0 aliphatic heterocycles. The Labute approximate surface area is 166 Å². The van der Waals surface area contributed by atoms with Crippen molar-refractivity contribution in [3.8, 4) is 0 Å². The maximum absolute atomic E-state index is 12.1. The van der Waals surface area contributed by atoms with Gasteiger partial charge in [-0.2, -0.15) is 0 Å². The molecule has 3 unspecified atom stereocenters. The molecule has 0 spiro atoms. The zero-order chi connectivity index (χ0) is 19.4.